The fraction of sp³-hybridized carbons (Fsp3) is 0.267. The van der Waals surface area contributed by atoms with E-state index < -0.39 is 18.0 Å². The summed E-state index contributed by atoms with van der Waals surface area (Å²) in [4.78, 5) is 43.1. The molecule has 0 aliphatic heterocycles. The molecule has 4 heterocycles. The van der Waals surface area contributed by atoms with Crippen molar-refractivity contribution in [1.29, 1.82) is 0 Å². The van der Waals surface area contributed by atoms with Crippen LogP contribution in [0.2, 0.25) is 0 Å². The summed E-state index contributed by atoms with van der Waals surface area (Å²) in [5, 5.41) is 18.4. The lowest BCUT2D eigenvalue weighted by Crippen LogP contribution is -2.40. The topological polar surface area (TPSA) is 133 Å². The molecule has 0 aliphatic carbocycles. The molecule has 0 aromatic carbocycles. The van der Waals surface area contributed by atoms with Crippen LogP contribution in [-0.4, -0.2) is 64.5 Å². The number of carboxylic acid groups (broad SMARTS) is 2. The van der Waals surface area contributed by atoms with E-state index in [9.17, 15) is 14.7 Å². The number of carbonyl (C=O) groups is 2. The number of hydrogen-bond acceptors (Lipinski definition) is 8. The Labute approximate surface area is 234 Å². The summed E-state index contributed by atoms with van der Waals surface area (Å²) in [5.74, 6) is -1.67. The summed E-state index contributed by atoms with van der Waals surface area (Å²) in [6.45, 7) is 3.80. The van der Waals surface area contributed by atoms with E-state index in [1.165, 1.54) is 0 Å². The van der Waals surface area contributed by atoms with Gasteiger partial charge in [0.2, 0.25) is 0 Å². The van der Waals surface area contributed by atoms with Crippen molar-refractivity contribution in [3.63, 3.8) is 0 Å². The quantitative estimate of drug-likeness (QED) is 0.256. The first-order chi connectivity index (χ1) is 19.4. The van der Waals surface area contributed by atoms with Gasteiger partial charge in [-0.05, 0) is 55.0 Å². The van der Waals surface area contributed by atoms with Gasteiger partial charge in [-0.15, -0.1) is 0 Å². The van der Waals surface area contributed by atoms with E-state index in [1.54, 1.807) is 29.7 Å². The number of aliphatic carboxylic acids is 2. The Hall–Kier alpha value is -4.54. The van der Waals surface area contributed by atoms with Gasteiger partial charge in [0, 0.05) is 51.0 Å². The first kappa shape index (κ1) is 30.0. The lowest BCUT2D eigenvalue weighted by atomic mass is 10.1. The number of pyridine rings is 4. The van der Waals surface area contributed by atoms with E-state index in [0.717, 1.165) is 22.8 Å². The van der Waals surface area contributed by atoms with Crippen molar-refractivity contribution in [2.24, 2.45) is 0 Å². The van der Waals surface area contributed by atoms with Gasteiger partial charge in [-0.2, -0.15) is 0 Å². The van der Waals surface area contributed by atoms with Crippen LogP contribution in [0.3, 0.4) is 0 Å². The zero-order valence-corrected chi connectivity index (χ0v) is 22.5. The van der Waals surface area contributed by atoms with Gasteiger partial charge in [0.25, 0.3) is 0 Å². The van der Waals surface area contributed by atoms with Crippen LogP contribution in [0.4, 0.5) is 0 Å². The molecule has 0 saturated carbocycles. The molecule has 4 rings (SSSR count). The Bertz CT molecular complexity index is 1200. The van der Waals surface area contributed by atoms with Crippen molar-refractivity contribution in [3.05, 3.63) is 120 Å². The number of carboxylic acids is 2. The van der Waals surface area contributed by atoms with Crippen LogP contribution in [0.1, 0.15) is 36.1 Å². The van der Waals surface area contributed by atoms with Gasteiger partial charge < -0.3 is 10.2 Å². The van der Waals surface area contributed by atoms with Crippen LogP contribution in [0.25, 0.3) is 0 Å². The molecule has 0 amide bonds. The van der Waals surface area contributed by atoms with Crippen molar-refractivity contribution >= 4 is 11.9 Å². The van der Waals surface area contributed by atoms with E-state index in [0.29, 0.717) is 32.6 Å². The maximum Gasteiger partial charge on any atom is 0.320 e. The Morgan fingerprint density at radius 1 is 0.650 bits per heavy atom. The average molecular weight is 543 g/mol. The van der Waals surface area contributed by atoms with Crippen molar-refractivity contribution in [2.75, 3.05) is 6.54 Å². The highest BCUT2D eigenvalue weighted by Crippen LogP contribution is 2.14. The fourth-order valence-electron chi connectivity index (χ4n) is 4.07. The molecule has 0 bridgehead atoms. The first-order valence-electron chi connectivity index (χ1n) is 12.9. The predicted molar refractivity (Wildman–Crippen MR) is 150 cm³/mol. The third kappa shape index (κ3) is 10.7. The molecule has 0 spiro atoms. The molecular formula is C30H34N6O4. The van der Waals surface area contributed by atoms with E-state index in [4.69, 9.17) is 5.11 Å². The zero-order valence-electron chi connectivity index (χ0n) is 22.5. The van der Waals surface area contributed by atoms with Crippen molar-refractivity contribution in [2.45, 2.75) is 45.6 Å². The molecule has 1 atom stereocenters. The fourth-order valence-corrected chi connectivity index (χ4v) is 4.07. The maximum atomic E-state index is 11.5. The van der Waals surface area contributed by atoms with Crippen molar-refractivity contribution in [3.8, 4) is 0 Å². The molecule has 0 fully saturated rings. The van der Waals surface area contributed by atoms with E-state index in [2.05, 4.69) is 19.9 Å². The summed E-state index contributed by atoms with van der Waals surface area (Å²) in [7, 11) is 0. The molecule has 10 nitrogen and oxygen atoms in total. The first-order valence-corrected chi connectivity index (χ1v) is 12.9. The summed E-state index contributed by atoms with van der Waals surface area (Å²) in [6, 6.07) is 22.0. The summed E-state index contributed by atoms with van der Waals surface area (Å²) < 4.78 is 0. The molecule has 4 aromatic rings. The van der Waals surface area contributed by atoms with Gasteiger partial charge in [-0.3, -0.25) is 39.3 Å². The van der Waals surface area contributed by atoms with Crippen LogP contribution in [0, 0.1) is 0 Å². The molecule has 1 unspecified atom stereocenters. The summed E-state index contributed by atoms with van der Waals surface area (Å²) in [6.07, 6.45) is 7.38. The number of rotatable bonds is 13. The molecule has 0 aliphatic rings. The second kappa shape index (κ2) is 16.4. The second-order valence-electron chi connectivity index (χ2n) is 8.99. The van der Waals surface area contributed by atoms with Crippen LogP contribution in [0.5, 0.6) is 0 Å². The average Bonchev–Trinajstić information content (AvgIpc) is 2.95. The Balaban J connectivity index is 0.000000222. The Morgan fingerprint density at radius 2 is 1.02 bits per heavy atom. The molecule has 2 N–H and O–H groups in total. The second-order valence-corrected chi connectivity index (χ2v) is 8.99. The Morgan fingerprint density at radius 3 is 1.30 bits per heavy atom. The maximum absolute atomic E-state index is 11.5. The third-order valence-corrected chi connectivity index (χ3v) is 5.88. The number of nitrogens with zero attached hydrogens (tertiary/aromatic N) is 6. The molecule has 10 heteroatoms. The molecule has 0 saturated heterocycles. The van der Waals surface area contributed by atoms with Crippen LogP contribution in [-0.2, 0) is 35.8 Å². The third-order valence-electron chi connectivity index (χ3n) is 5.88. The molecule has 4 aromatic heterocycles. The zero-order chi connectivity index (χ0) is 28.6. The molecule has 0 radical (unpaired) electrons. The smallest absolute Gasteiger partial charge is 0.320 e. The molecule has 40 heavy (non-hydrogen) atoms. The van der Waals surface area contributed by atoms with Gasteiger partial charge in [0.05, 0.1) is 29.3 Å². The predicted octanol–water partition coefficient (Wildman–Crippen LogP) is 3.91. The highest BCUT2D eigenvalue weighted by Gasteiger charge is 2.24. The normalized spacial score (nSPS) is 11.5. The lowest BCUT2D eigenvalue weighted by molar-refractivity contribution is -0.144. The van der Waals surface area contributed by atoms with Gasteiger partial charge in [-0.1, -0.05) is 31.2 Å². The monoisotopic (exact) mass is 542 g/mol. The van der Waals surface area contributed by atoms with Gasteiger partial charge >= 0.3 is 11.9 Å². The molecular weight excluding hydrogens is 508 g/mol. The summed E-state index contributed by atoms with van der Waals surface area (Å²) >= 11 is 0. The van der Waals surface area contributed by atoms with E-state index in [1.807, 2.05) is 84.6 Å². The minimum Gasteiger partial charge on any atom is -0.480 e. The van der Waals surface area contributed by atoms with Crippen LogP contribution < -0.4 is 0 Å². The highest BCUT2D eigenvalue weighted by atomic mass is 16.4. The van der Waals surface area contributed by atoms with Crippen molar-refractivity contribution in [1.82, 2.24) is 29.7 Å². The SMILES string of the molecule is CCC(C(=O)O)N(Cc1ccccn1)Cc1ccccn1.O=C(O)CN(Cc1ccccn1)Cc1ccccn1. The largest absolute Gasteiger partial charge is 0.480 e. The standard InChI is InChI=1S/C16H19N3O2.C14H15N3O2/c1-2-15(16(20)21)19(11-13-7-3-5-9-17-13)12-14-8-4-6-10-18-14;18-14(19)11-17(9-12-5-1-3-7-15-12)10-13-6-2-4-8-16-13/h3-10,15H,2,11-12H2,1H3,(H,20,21);1-8H,9-11H2,(H,18,19). The minimum absolute atomic E-state index is 0.0346. The number of aromatic nitrogens is 4. The minimum atomic E-state index is -0.855. The Kier molecular flexibility index (Phi) is 12.3. The van der Waals surface area contributed by atoms with E-state index in [-0.39, 0.29) is 6.54 Å². The van der Waals surface area contributed by atoms with E-state index >= 15 is 0 Å². The van der Waals surface area contributed by atoms with Crippen LogP contribution >= 0.6 is 0 Å². The van der Waals surface area contributed by atoms with Crippen molar-refractivity contribution < 1.29 is 19.8 Å². The molecule has 208 valence electrons. The van der Waals surface area contributed by atoms with Gasteiger partial charge in [-0.25, -0.2) is 0 Å². The lowest BCUT2D eigenvalue weighted by Gasteiger charge is -2.27. The summed E-state index contributed by atoms with van der Waals surface area (Å²) in [5.41, 5.74) is 3.40. The van der Waals surface area contributed by atoms with Gasteiger partial charge in [0.1, 0.15) is 6.04 Å². The number of hydrogen-bond donors (Lipinski definition) is 2. The highest BCUT2D eigenvalue weighted by molar-refractivity contribution is 5.73. The van der Waals surface area contributed by atoms with Gasteiger partial charge in [0.15, 0.2) is 0 Å². The van der Waals surface area contributed by atoms with Crippen LogP contribution in [0.15, 0.2) is 97.6 Å².